The number of fused-ring (bicyclic) bond motifs is 1. The monoisotopic (exact) mass is 360 g/mol. The Labute approximate surface area is 155 Å². The highest BCUT2D eigenvalue weighted by atomic mass is 19.1. The van der Waals surface area contributed by atoms with Crippen molar-refractivity contribution in [3.8, 4) is 11.4 Å². The summed E-state index contributed by atoms with van der Waals surface area (Å²) in [5.41, 5.74) is 1.87. The second-order valence-corrected chi connectivity index (χ2v) is 6.07. The first-order valence-corrected chi connectivity index (χ1v) is 8.56. The molecule has 0 aliphatic heterocycles. The fourth-order valence-electron chi connectivity index (χ4n) is 2.89. The number of hydrogen-bond donors (Lipinski definition) is 2. The molecule has 5 nitrogen and oxygen atoms in total. The van der Waals surface area contributed by atoms with Gasteiger partial charge in [-0.15, -0.1) is 0 Å². The molecule has 0 bridgehead atoms. The zero-order valence-electron chi connectivity index (χ0n) is 14.4. The molecule has 0 saturated carbocycles. The molecule has 1 atom stereocenters. The second kappa shape index (κ2) is 7.47. The SMILES string of the molecule is O[C@H](CNc1nc(-c2ccncc2)nc2ccccc12)c1ccccc1F. The maximum atomic E-state index is 13.9. The number of pyridine rings is 1. The van der Waals surface area contributed by atoms with Crippen LogP contribution < -0.4 is 5.32 Å². The van der Waals surface area contributed by atoms with Crippen molar-refractivity contribution in [3.63, 3.8) is 0 Å². The van der Waals surface area contributed by atoms with Crippen LogP contribution in [0.5, 0.6) is 0 Å². The van der Waals surface area contributed by atoms with E-state index in [0.717, 1.165) is 16.5 Å². The largest absolute Gasteiger partial charge is 0.386 e. The fraction of sp³-hybridized carbons (Fsp3) is 0.0952. The van der Waals surface area contributed by atoms with Gasteiger partial charge in [0, 0.05) is 35.5 Å². The molecule has 0 radical (unpaired) electrons. The van der Waals surface area contributed by atoms with Crippen LogP contribution in [-0.2, 0) is 0 Å². The molecule has 0 spiro atoms. The Morgan fingerprint density at radius 2 is 1.67 bits per heavy atom. The van der Waals surface area contributed by atoms with Crippen molar-refractivity contribution in [2.45, 2.75) is 6.10 Å². The fourth-order valence-corrected chi connectivity index (χ4v) is 2.89. The molecule has 0 aliphatic carbocycles. The van der Waals surface area contributed by atoms with Gasteiger partial charge in [-0.3, -0.25) is 4.98 Å². The van der Waals surface area contributed by atoms with Crippen LogP contribution in [0, 0.1) is 5.82 Å². The third-order valence-corrected chi connectivity index (χ3v) is 4.27. The van der Waals surface area contributed by atoms with Crippen LogP contribution >= 0.6 is 0 Å². The summed E-state index contributed by atoms with van der Waals surface area (Å²) in [6.45, 7) is 0.123. The van der Waals surface area contributed by atoms with Crippen molar-refractivity contribution < 1.29 is 9.50 Å². The van der Waals surface area contributed by atoms with E-state index in [4.69, 9.17) is 0 Å². The van der Waals surface area contributed by atoms with E-state index in [1.165, 1.54) is 6.07 Å². The van der Waals surface area contributed by atoms with Gasteiger partial charge < -0.3 is 10.4 Å². The molecule has 27 heavy (non-hydrogen) atoms. The van der Waals surface area contributed by atoms with Crippen molar-refractivity contribution in [2.24, 2.45) is 0 Å². The lowest BCUT2D eigenvalue weighted by Gasteiger charge is -2.15. The molecule has 134 valence electrons. The molecule has 0 amide bonds. The van der Waals surface area contributed by atoms with E-state index in [9.17, 15) is 9.50 Å². The van der Waals surface area contributed by atoms with E-state index >= 15 is 0 Å². The van der Waals surface area contributed by atoms with Crippen LogP contribution in [0.4, 0.5) is 10.2 Å². The van der Waals surface area contributed by atoms with Crippen LogP contribution in [0.25, 0.3) is 22.3 Å². The van der Waals surface area contributed by atoms with Gasteiger partial charge in [0.25, 0.3) is 0 Å². The van der Waals surface area contributed by atoms with Crippen LogP contribution in [0.3, 0.4) is 0 Å². The van der Waals surface area contributed by atoms with Gasteiger partial charge in [0.1, 0.15) is 11.6 Å². The van der Waals surface area contributed by atoms with Crippen molar-refractivity contribution in [2.75, 3.05) is 11.9 Å². The van der Waals surface area contributed by atoms with Gasteiger partial charge in [-0.1, -0.05) is 30.3 Å². The molecule has 2 N–H and O–H groups in total. The molecule has 2 heterocycles. The Morgan fingerprint density at radius 1 is 0.926 bits per heavy atom. The summed E-state index contributed by atoms with van der Waals surface area (Å²) in [5.74, 6) is 0.707. The van der Waals surface area contributed by atoms with Gasteiger partial charge in [0.05, 0.1) is 11.6 Å². The Hall–Kier alpha value is -3.38. The summed E-state index contributed by atoms with van der Waals surface area (Å²) >= 11 is 0. The standard InChI is InChI=1S/C21H17FN4O/c22-17-7-3-1-5-15(17)19(27)13-24-21-16-6-2-4-8-18(16)25-20(26-21)14-9-11-23-12-10-14/h1-12,19,27H,13H2,(H,24,25,26)/t19-/m1/s1. The van der Waals surface area contributed by atoms with Crippen molar-refractivity contribution in [3.05, 3.63) is 84.4 Å². The zero-order valence-corrected chi connectivity index (χ0v) is 14.4. The molecule has 0 unspecified atom stereocenters. The summed E-state index contributed by atoms with van der Waals surface area (Å²) in [5, 5.41) is 14.3. The first-order chi connectivity index (χ1) is 13.2. The van der Waals surface area contributed by atoms with Crippen LogP contribution in [0.15, 0.2) is 73.1 Å². The predicted octanol–water partition coefficient (Wildman–Crippen LogP) is 3.98. The minimum Gasteiger partial charge on any atom is -0.386 e. The third-order valence-electron chi connectivity index (χ3n) is 4.27. The zero-order chi connectivity index (χ0) is 18.6. The molecule has 4 rings (SSSR count). The summed E-state index contributed by atoms with van der Waals surface area (Å²) in [6.07, 6.45) is 2.37. The number of para-hydroxylation sites is 1. The normalized spacial score (nSPS) is 12.1. The number of hydrogen-bond acceptors (Lipinski definition) is 5. The lowest BCUT2D eigenvalue weighted by atomic mass is 10.1. The molecule has 0 aliphatic rings. The van der Waals surface area contributed by atoms with Crippen LogP contribution in [0.1, 0.15) is 11.7 Å². The van der Waals surface area contributed by atoms with Gasteiger partial charge in [-0.25, -0.2) is 14.4 Å². The highest BCUT2D eigenvalue weighted by Crippen LogP contribution is 2.25. The number of benzene rings is 2. The van der Waals surface area contributed by atoms with Gasteiger partial charge in [-0.05, 0) is 30.3 Å². The summed E-state index contributed by atoms with van der Waals surface area (Å²) in [4.78, 5) is 13.2. The molecule has 0 saturated heterocycles. The Balaban J connectivity index is 1.67. The number of halogens is 1. The minimum atomic E-state index is -0.996. The lowest BCUT2D eigenvalue weighted by Crippen LogP contribution is -2.15. The average Bonchev–Trinajstić information content (AvgIpc) is 2.72. The number of aliphatic hydroxyl groups excluding tert-OH is 1. The average molecular weight is 360 g/mol. The number of aromatic nitrogens is 3. The van der Waals surface area contributed by atoms with Crippen molar-refractivity contribution in [1.82, 2.24) is 15.0 Å². The van der Waals surface area contributed by atoms with E-state index in [1.54, 1.807) is 30.6 Å². The molecule has 4 aromatic rings. The van der Waals surface area contributed by atoms with E-state index in [2.05, 4.69) is 20.3 Å². The molecule has 0 fully saturated rings. The van der Waals surface area contributed by atoms with E-state index in [1.807, 2.05) is 36.4 Å². The first kappa shape index (κ1) is 17.1. The van der Waals surface area contributed by atoms with Crippen LogP contribution in [-0.4, -0.2) is 26.6 Å². The number of rotatable bonds is 5. The Kier molecular flexibility index (Phi) is 4.72. The quantitative estimate of drug-likeness (QED) is 0.563. The van der Waals surface area contributed by atoms with Crippen molar-refractivity contribution >= 4 is 16.7 Å². The van der Waals surface area contributed by atoms with Crippen molar-refractivity contribution in [1.29, 1.82) is 0 Å². The predicted molar refractivity (Wildman–Crippen MR) is 103 cm³/mol. The van der Waals surface area contributed by atoms with Gasteiger partial charge in [0.2, 0.25) is 0 Å². The third kappa shape index (κ3) is 3.61. The Bertz CT molecular complexity index is 1070. The topological polar surface area (TPSA) is 70.9 Å². The number of nitrogens with one attached hydrogen (secondary N) is 1. The van der Waals surface area contributed by atoms with E-state index in [-0.39, 0.29) is 12.1 Å². The second-order valence-electron chi connectivity index (χ2n) is 6.07. The number of nitrogens with zero attached hydrogens (tertiary/aromatic N) is 3. The highest BCUT2D eigenvalue weighted by molar-refractivity contribution is 5.90. The maximum absolute atomic E-state index is 13.9. The van der Waals surface area contributed by atoms with E-state index in [0.29, 0.717) is 11.6 Å². The summed E-state index contributed by atoms with van der Waals surface area (Å²) < 4.78 is 13.9. The minimum absolute atomic E-state index is 0.123. The van der Waals surface area contributed by atoms with Gasteiger partial charge in [0.15, 0.2) is 5.82 Å². The smallest absolute Gasteiger partial charge is 0.162 e. The first-order valence-electron chi connectivity index (χ1n) is 8.56. The van der Waals surface area contributed by atoms with Crippen LogP contribution in [0.2, 0.25) is 0 Å². The van der Waals surface area contributed by atoms with Gasteiger partial charge in [-0.2, -0.15) is 0 Å². The number of aliphatic hydroxyl groups is 1. The highest BCUT2D eigenvalue weighted by Gasteiger charge is 2.14. The molecular formula is C21H17FN4O. The maximum Gasteiger partial charge on any atom is 0.162 e. The Morgan fingerprint density at radius 3 is 2.48 bits per heavy atom. The van der Waals surface area contributed by atoms with Gasteiger partial charge >= 0.3 is 0 Å². The summed E-state index contributed by atoms with van der Waals surface area (Å²) in [7, 11) is 0. The molecular weight excluding hydrogens is 343 g/mol. The molecule has 2 aromatic carbocycles. The molecule has 6 heteroatoms. The van der Waals surface area contributed by atoms with E-state index < -0.39 is 11.9 Å². The summed E-state index contributed by atoms with van der Waals surface area (Å²) in [6, 6.07) is 17.5. The molecule has 2 aromatic heterocycles. The lowest BCUT2D eigenvalue weighted by molar-refractivity contribution is 0.186. The number of anilines is 1.